The van der Waals surface area contributed by atoms with Crippen molar-refractivity contribution in [2.45, 2.75) is 6.42 Å². The van der Waals surface area contributed by atoms with E-state index in [9.17, 15) is 13.6 Å². The lowest BCUT2D eigenvalue weighted by molar-refractivity contribution is -0.117. The summed E-state index contributed by atoms with van der Waals surface area (Å²) in [6.45, 7) is 0. The number of carbonyl (C=O) groups excluding carboxylic acids is 1. The van der Waals surface area contributed by atoms with E-state index in [0.29, 0.717) is 11.3 Å². The third-order valence-electron chi connectivity index (χ3n) is 2.44. The molecule has 0 aliphatic heterocycles. The van der Waals surface area contributed by atoms with Gasteiger partial charge in [-0.2, -0.15) is 0 Å². The first-order chi connectivity index (χ1) is 8.58. The Bertz CT molecular complexity index is 599. The maximum atomic E-state index is 13.7. The summed E-state index contributed by atoms with van der Waals surface area (Å²) in [7, 11) is 0. The van der Waals surface area contributed by atoms with Crippen LogP contribution in [-0.4, -0.2) is 10.9 Å². The molecular formula is C13H10F2N2O. The van der Waals surface area contributed by atoms with Gasteiger partial charge < -0.3 is 5.73 Å². The van der Waals surface area contributed by atoms with Gasteiger partial charge in [-0.1, -0.05) is 6.07 Å². The van der Waals surface area contributed by atoms with Crippen molar-refractivity contribution >= 4 is 5.91 Å². The van der Waals surface area contributed by atoms with E-state index in [4.69, 9.17) is 5.73 Å². The monoisotopic (exact) mass is 248 g/mol. The second-order valence-electron chi connectivity index (χ2n) is 3.78. The summed E-state index contributed by atoms with van der Waals surface area (Å²) in [5, 5.41) is 0. The van der Waals surface area contributed by atoms with Crippen molar-refractivity contribution in [3.05, 3.63) is 53.7 Å². The molecule has 0 radical (unpaired) electrons. The highest BCUT2D eigenvalue weighted by molar-refractivity contribution is 5.79. The summed E-state index contributed by atoms with van der Waals surface area (Å²) >= 11 is 0. The van der Waals surface area contributed by atoms with Gasteiger partial charge in [0.15, 0.2) is 0 Å². The molecule has 0 saturated carbocycles. The summed E-state index contributed by atoms with van der Waals surface area (Å²) in [6.07, 6.45) is 1.43. The quantitative estimate of drug-likeness (QED) is 0.903. The third kappa shape index (κ3) is 2.51. The second-order valence-corrected chi connectivity index (χ2v) is 3.78. The number of hydrogen-bond acceptors (Lipinski definition) is 2. The molecule has 0 unspecified atom stereocenters. The van der Waals surface area contributed by atoms with Crippen molar-refractivity contribution in [1.29, 1.82) is 0 Å². The highest BCUT2D eigenvalue weighted by Crippen LogP contribution is 2.24. The van der Waals surface area contributed by atoms with E-state index < -0.39 is 17.5 Å². The Morgan fingerprint density at radius 3 is 2.72 bits per heavy atom. The predicted octanol–water partition coefficient (Wildman–Crippen LogP) is 2.05. The first-order valence-corrected chi connectivity index (χ1v) is 5.25. The van der Waals surface area contributed by atoms with Gasteiger partial charge in [-0.05, 0) is 23.8 Å². The number of hydrogen-bond donors (Lipinski definition) is 1. The Morgan fingerprint density at radius 1 is 1.28 bits per heavy atom. The second kappa shape index (κ2) is 4.91. The molecule has 1 heterocycles. The molecular weight excluding hydrogens is 238 g/mol. The van der Waals surface area contributed by atoms with Gasteiger partial charge in [-0.3, -0.25) is 9.78 Å². The van der Waals surface area contributed by atoms with E-state index in [0.717, 1.165) is 12.1 Å². The largest absolute Gasteiger partial charge is 0.369 e. The Kier molecular flexibility index (Phi) is 3.32. The van der Waals surface area contributed by atoms with E-state index in [1.54, 1.807) is 12.1 Å². The molecule has 5 heteroatoms. The van der Waals surface area contributed by atoms with Gasteiger partial charge in [0, 0.05) is 17.8 Å². The van der Waals surface area contributed by atoms with Gasteiger partial charge in [-0.15, -0.1) is 0 Å². The fraction of sp³-hybridized carbons (Fsp3) is 0.0769. The zero-order valence-electron chi connectivity index (χ0n) is 9.36. The molecule has 0 fully saturated rings. The number of carbonyl (C=O) groups is 1. The highest BCUT2D eigenvalue weighted by Gasteiger charge is 2.13. The van der Waals surface area contributed by atoms with E-state index in [1.165, 1.54) is 12.3 Å². The molecule has 18 heavy (non-hydrogen) atoms. The molecule has 0 aliphatic carbocycles. The van der Waals surface area contributed by atoms with Crippen molar-refractivity contribution in [3.63, 3.8) is 0 Å². The number of aromatic nitrogens is 1. The molecule has 0 atom stereocenters. The van der Waals surface area contributed by atoms with E-state index >= 15 is 0 Å². The molecule has 1 aromatic carbocycles. The van der Waals surface area contributed by atoms with Crippen LogP contribution in [0.4, 0.5) is 8.78 Å². The Labute approximate surface area is 102 Å². The zero-order valence-corrected chi connectivity index (χ0v) is 9.36. The Morgan fingerprint density at radius 2 is 2.06 bits per heavy atom. The number of rotatable bonds is 3. The van der Waals surface area contributed by atoms with Gasteiger partial charge in [0.25, 0.3) is 0 Å². The molecule has 0 bridgehead atoms. The summed E-state index contributed by atoms with van der Waals surface area (Å²) in [5.74, 6) is -1.92. The highest BCUT2D eigenvalue weighted by atomic mass is 19.1. The minimum atomic E-state index is -0.723. The van der Waals surface area contributed by atoms with Gasteiger partial charge >= 0.3 is 0 Å². The summed E-state index contributed by atoms with van der Waals surface area (Å²) in [5.41, 5.74) is 6.07. The van der Waals surface area contributed by atoms with Crippen LogP contribution in [0.5, 0.6) is 0 Å². The smallest absolute Gasteiger partial charge is 0.221 e. The van der Waals surface area contributed by atoms with Crippen LogP contribution in [0.25, 0.3) is 11.3 Å². The number of pyridine rings is 1. The van der Waals surface area contributed by atoms with Crippen LogP contribution in [0, 0.1) is 11.6 Å². The average Bonchev–Trinajstić information content (AvgIpc) is 2.30. The van der Waals surface area contributed by atoms with Crippen LogP contribution in [0.2, 0.25) is 0 Å². The zero-order chi connectivity index (χ0) is 13.1. The fourth-order valence-corrected chi connectivity index (χ4v) is 1.69. The molecule has 1 aromatic heterocycles. The molecule has 3 nitrogen and oxygen atoms in total. The first-order valence-electron chi connectivity index (χ1n) is 5.25. The van der Waals surface area contributed by atoms with E-state index in [2.05, 4.69) is 4.98 Å². The van der Waals surface area contributed by atoms with Crippen LogP contribution in [0.1, 0.15) is 5.56 Å². The summed E-state index contributed by atoms with van der Waals surface area (Å²) in [4.78, 5) is 15.0. The fourth-order valence-electron chi connectivity index (χ4n) is 1.69. The number of nitrogens with two attached hydrogens (primary N) is 1. The van der Waals surface area contributed by atoms with Crippen LogP contribution < -0.4 is 5.73 Å². The maximum absolute atomic E-state index is 13.7. The lowest BCUT2D eigenvalue weighted by Crippen LogP contribution is -2.14. The van der Waals surface area contributed by atoms with Crippen molar-refractivity contribution in [2.75, 3.05) is 0 Å². The predicted molar refractivity (Wildman–Crippen MR) is 62.5 cm³/mol. The van der Waals surface area contributed by atoms with Crippen LogP contribution >= 0.6 is 0 Å². The Hall–Kier alpha value is -2.30. The molecule has 92 valence electrons. The number of benzene rings is 1. The first kappa shape index (κ1) is 12.2. The molecule has 2 aromatic rings. The van der Waals surface area contributed by atoms with E-state index in [-0.39, 0.29) is 12.0 Å². The molecule has 0 spiro atoms. The maximum Gasteiger partial charge on any atom is 0.221 e. The minimum absolute atomic E-state index is 0.0417. The number of nitrogens with zero attached hydrogens (tertiary/aromatic N) is 1. The summed E-state index contributed by atoms with van der Waals surface area (Å²) in [6, 6.07) is 6.47. The minimum Gasteiger partial charge on any atom is -0.369 e. The molecule has 0 aliphatic rings. The van der Waals surface area contributed by atoms with Crippen LogP contribution in [-0.2, 0) is 11.2 Å². The molecule has 0 saturated heterocycles. The standard InChI is InChI=1S/C13H10F2N2O/c14-9-3-4-10(11(15)7-9)13-8(6-12(16)18)2-1-5-17-13/h1-5,7H,6H2,(H2,16,18). The molecule has 2 N–H and O–H groups in total. The molecule has 1 amide bonds. The lowest BCUT2D eigenvalue weighted by atomic mass is 10.0. The van der Waals surface area contributed by atoms with E-state index in [1.807, 2.05) is 0 Å². The number of amides is 1. The van der Waals surface area contributed by atoms with Gasteiger partial charge in [0.2, 0.25) is 5.91 Å². The van der Waals surface area contributed by atoms with Gasteiger partial charge in [-0.25, -0.2) is 8.78 Å². The van der Waals surface area contributed by atoms with Crippen molar-refractivity contribution in [2.24, 2.45) is 5.73 Å². The van der Waals surface area contributed by atoms with Crippen molar-refractivity contribution < 1.29 is 13.6 Å². The topological polar surface area (TPSA) is 56.0 Å². The summed E-state index contributed by atoms with van der Waals surface area (Å²) < 4.78 is 26.5. The number of primary amides is 1. The third-order valence-corrected chi connectivity index (χ3v) is 2.44. The van der Waals surface area contributed by atoms with Crippen molar-refractivity contribution in [3.8, 4) is 11.3 Å². The average molecular weight is 248 g/mol. The van der Waals surface area contributed by atoms with Crippen LogP contribution in [0.3, 0.4) is 0 Å². The van der Waals surface area contributed by atoms with Gasteiger partial charge in [0.1, 0.15) is 11.6 Å². The lowest BCUT2D eigenvalue weighted by Gasteiger charge is -2.08. The van der Waals surface area contributed by atoms with Crippen molar-refractivity contribution in [1.82, 2.24) is 4.98 Å². The SMILES string of the molecule is NC(=O)Cc1cccnc1-c1ccc(F)cc1F. The van der Waals surface area contributed by atoms with Crippen LogP contribution in [0.15, 0.2) is 36.5 Å². The Balaban J connectivity index is 2.53. The molecule has 2 rings (SSSR count). The van der Waals surface area contributed by atoms with Gasteiger partial charge in [0.05, 0.1) is 12.1 Å². The normalized spacial score (nSPS) is 10.3. The number of halogens is 2.